The van der Waals surface area contributed by atoms with Gasteiger partial charge < -0.3 is 5.32 Å². The fourth-order valence-electron chi connectivity index (χ4n) is 1.58. The molecule has 2 aromatic rings. The number of rotatable bonds is 3. The number of anilines is 1. The van der Waals surface area contributed by atoms with Gasteiger partial charge in [-0.1, -0.05) is 51.3 Å². The Kier molecular flexibility index (Phi) is 4.55. The van der Waals surface area contributed by atoms with Crippen molar-refractivity contribution in [1.29, 1.82) is 0 Å². The molecule has 94 valence electrons. The molecule has 4 heteroatoms. The minimum atomic E-state index is 0.672. The summed E-state index contributed by atoms with van der Waals surface area (Å²) in [5.74, 6) is 0. The highest BCUT2D eigenvalue weighted by atomic mass is 79.9. The number of hydrogen-bond acceptors (Lipinski definition) is 1. The van der Waals surface area contributed by atoms with Crippen LogP contribution < -0.4 is 5.32 Å². The van der Waals surface area contributed by atoms with Crippen LogP contribution in [0.3, 0.4) is 0 Å². The number of aryl methyl sites for hydroxylation is 1. The van der Waals surface area contributed by atoms with Gasteiger partial charge in [-0.2, -0.15) is 0 Å². The van der Waals surface area contributed by atoms with E-state index in [4.69, 9.17) is 23.2 Å². The van der Waals surface area contributed by atoms with Gasteiger partial charge in [0.15, 0.2) is 0 Å². The van der Waals surface area contributed by atoms with Crippen molar-refractivity contribution >= 4 is 44.8 Å². The molecule has 0 heterocycles. The van der Waals surface area contributed by atoms with Crippen molar-refractivity contribution in [2.75, 3.05) is 5.32 Å². The van der Waals surface area contributed by atoms with Gasteiger partial charge in [0.25, 0.3) is 0 Å². The van der Waals surface area contributed by atoms with Gasteiger partial charge >= 0.3 is 0 Å². The molecule has 0 atom stereocenters. The van der Waals surface area contributed by atoms with E-state index in [-0.39, 0.29) is 0 Å². The molecule has 2 rings (SSSR count). The summed E-state index contributed by atoms with van der Waals surface area (Å²) in [5, 5.41) is 4.62. The molecule has 0 spiro atoms. The minimum Gasteiger partial charge on any atom is -0.380 e. The zero-order valence-corrected chi connectivity index (χ0v) is 12.9. The second kappa shape index (κ2) is 5.96. The van der Waals surface area contributed by atoms with E-state index < -0.39 is 0 Å². The van der Waals surface area contributed by atoms with Gasteiger partial charge in [-0.3, -0.25) is 0 Å². The maximum atomic E-state index is 6.09. The summed E-state index contributed by atoms with van der Waals surface area (Å²) in [6.07, 6.45) is 0. The number of benzene rings is 2. The first-order valence-electron chi connectivity index (χ1n) is 5.50. The van der Waals surface area contributed by atoms with E-state index >= 15 is 0 Å². The highest BCUT2D eigenvalue weighted by Gasteiger charge is 2.02. The molecule has 18 heavy (non-hydrogen) atoms. The molecule has 0 amide bonds. The predicted molar refractivity (Wildman–Crippen MR) is 82.7 cm³/mol. The number of hydrogen-bond donors (Lipinski definition) is 1. The topological polar surface area (TPSA) is 12.0 Å². The van der Waals surface area contributed by atoms with Gasteiger partial charge in [-0.25, -0.2) is 0 Å². The van der Waals surface area contributed by atoms with Crippen LogP contribution in [0.15, 0.2) is 40.9 Å². The van der Waals surface area contributed by atoms with Crippen molar-refractivity contribution in [3.8, 4) is 0 Å². The quantitative estimate of drug-likeness (QED) is 0.755. The third-order valence-electron chi connectivity index (χ3n) is 2.65. The number of halogens is 3. The predicted octanol–water partition coefficient (Wildman–Crippen LogP) is 5.68. The molecule has 0 aromatic heterocycles. The van der Waals surface area contributed by atoms with E-state index in [9.17, 15) is 0 Å². The molecule has 1 nitrogen and oxygen atoms in total. The molecule has 0 bridgehead atoms. The van der Waals surface area contributed by atoms with Gasteiger partial charge in [-0.15, -0.1) is 0 Å². The normalized spacial score (nSPS) is 10.4. The zero-order chi connectivity index (χ0) is 13.1. The van der Waals surface area contributed by atoms with E-state index in [1.165, 1.54) is 11.1 Å². The first kappa shape index (κ1) is 13.7. The Morgan fingerprint density at radius 3 is 2.61 bits per heavy atom. The molecular weight excluding hydrogens is 333 g/mol. The van der Waals surface area contributed by atoms with Gasteiger partial charge in [0.05, 0.1) is 10.7 Å². The summed E-state index contributed by atoms with van der Waals surface area (Å²) < 4.78 is 1.11. The first-order valence-corrected chi connectivity index (χ1v) is 7.05. The fourth-order valence-corrected chi connectivity index (χ4v) is 2.36. The second-order valence-electron chi connectivity index (χ2n) is 4.06. The van der Waals surface area contributed by atoms with Gasteiger partial charge in [-0.05, 0) is 42.3 Å². The lowest BCUT2D eigenvalue weighted by Gasteiger charge is -2.10. The Bertz CT molecular complexity index is 570. The molecule has 1 N–H and O–H groups in total. The third kappa shape index (κ3) is 3.41. The van der Waals surface area contributed by atoms with Crippen molar-refractivity contribution in [1.82, 2.24) is 0 Å². The van der Waals surface area contributed by atoms with E-state index in [1.54, 1.807) is 12.1 Å². The second-order valence-corrected chi connectivity index (χ2v) is 5.76. The van der Waals surface area contributed by atoms with Crippen LogP contribution in [0.5, 0.6) is 0 Å². The molecule has 0 saturated carbocycles. The molecule has 2 aromatic carbocycles. The Balaban J connectivity index is 2.11. The summed E-state index contributed by atoms with van der Waals surface area (Å²) >= 11 is 15.6. The van der Waals surface area contributed by atoms with Crippen molar-refractivity contribution in [3.05, 3.63) is 62.0 Å². The van der Waals surface area contributed by atoms with Crippen LogP contribution in [0.1, 0.15) is 11.1 Å². The summed E-state index contributed by atoms with van der Waals surface area (Å²) in [6.45, 7) is 2.77. The van der Waals surface area contributed by atoms with Gasteiger partial charge in [0, 0.05) is 16.0 Å². The molecule has 0 aliphatic heterocycles. The summed E-state index contributed by atoms with van der Waals surface area (Å²) in [7, 11) is 0. The monoisotopic (exact) mass is 343 g/mol. The minimum absolute atomic E-state index is 0.672. The van der Waals surface area contributed by atoms with Crippen molar-refractivity contribution < 1.29 is 0 Å². The van der Waals surface area contributed by atoms with Crippen LogP contribution >= 0.6 is 39.1 Å². The van der Waals surface area contributed by atoms with Crippen LogP contribution in [0, 0.1) is 6.92 Å². The molecule has 0 aliphatic rings. The van der Waals surface area contributed by atoms with Crippen LogP contribution in [0.2, 0.25) is 10.0 Å². The smallest absolute Gasteiger partial charge is 0.0638 e. The Labute approximate surface area is 125 Å². The lowest BCUT2D eigenvalue weighted by atomic mass is 10.1. The zero-order valence-electron chi connectivity index (χ0n) is 9.81. The first-order chi connectivity index (χ1) is 8.56. The standard InChI is InChI=1S/C14H12BrCl2N/c1-9-2-3-10(6-12(9)15)8-18-14-7-11(16)4-5-13(14)17/h2-7,18H,8H2,1H3. The number of nitrogens with one attached hydrogen (secondary N) is 1. The van der Waals surface area contributed by atoms with Crippen LogP contribution in [0.4, 0.5) is 5.69 Å². The van der Waals surface area contributed by atoms with E-state index in [2.05, 4.69) is 46.4 Å². The lowest BCUT2D eigenvalue weighted by molar-refractivity contribution is 1.14. The molecular formula is C14H12BrCl2N. The highest BCUT2D eigenvalue weighted by molar-refractivity contribution is 9.10. The average molecular weight is 345 g/mol. The van der Waals surface area contributed by atoms with E-state index in [1.807, 2.05) is 6.07 Å². The maximum Gasteiger partial charge on any atom is 0.0638 e. The van der Waals surface area contributed by atoms with Crippen molar-refractivity contribution in [2.24, 2.45) is 0 Å². The van der Waals surface area contributed by atoms with E-state index in [0.717, 1.165) is 10.2 Å². The SMILES string of the molecule is Cc1ccc(CNc2cc(Cl)ccc2Cl)cc1Br. The highest BCUT2D eigenvalue weighted by Crippen LogP contribution is 2.26. The third-order valence-corrected chi connectivity index (χ3v) is 4.07. The summed E-state index contributed by atoms with van der Waals surface area (Å²) in [5.41, 5.74) is 3.25. The lowest BCUT2D eigenvalue weighted by Crippen LogP contribution is -2.00. The van der Waals surface area contributed by atoms with Gasteiger partial charge in [0.2, 0.25) is 0 Å². The fraction of sp³-hybridized carbons (Fsp3) is 0.143. The summed E-state index contributed by atoms with van der Waals surface area (Å²) in [6, 6.07) is 11.7. The molecule has 0 aliphatic carbocycles. The molecule has 0 unspecified atom stereocenters. The molecule has 0 saturated heterocycles. The average Bonchev–Trinajstić information content (AvgIpc) is 2.34. The summed E-state index contributed by atoms with van der Waals surface area (Å²) in [4.78, 5) is 0. The van der Waals surface area contributed by atoms with Crippen molar-refractivity contribution in [3.63, 3.8) is 0 Å². The van der Waals surface area contributed by atoms with E-state index in [0.29, 0.717) is 16.6 Å². The van der Waals surface area contributed by atoms with Crippen LogP contribution in [0.25, 0.3) is 0 Å². The van der Waals surface area contributed by atoms with Crippen LogP contribution in [-0.2, 0) is 6.54 Å². The van der Waals surface area contributed by atoms with Gasteiger partial charge in [0.1, 0.15) is 0 Å². The maximum absolute atomic E-state index is 6.09. The largest absolute Gasteiger partial charge is 0.380 e. The van der Waals surface area contributed by atoms with Crippen LogP contribution in [-0.4, -0.2) is 0 Å². The molecule has 0 radical (unpaired) electrons. The Morgan fingerprint density at radius 2 is 1.89 bits per heavy atom. The Hall–Kier alpha value is -0.700. The molecule has 0 fully saturated rings. The van der Waals surface area contributed by atoms with Crippen molar-refractivity contribution in [2.45, 2.75) is 13.5 Å². The Morgan fingerprint density at radius 1 is 1.11 bits per heavy atom.